The van der Waals surface area contributed by atoms with Gasteiger partial charge in [0.15, 0.2) is 0 Å². The number of hydrogen-bond donors (Lipinski definition) is 2. The van der Waals surface area contributed by atoms with Crippen molar-refractivity contribution >= 4 is 5.91 Å². The molecule has 0 spiro atoms. The van der Waals surface area contributed by atoms with Gasteiger partial charge in [0, 0.05) is 18.7 Å². The van der Waals surface area contributed by atoms with Crippen molar-refractivity contribution in [3.05, 3.63) is 23.8 Å². The summed E-state index contributed by atoms with van der Waals surface area (Å²) in [6, 6.07) is 5.20. The second-order valence-electron chi connectivity index (χ2n) is 5.42. The lowest BCUT2D eigenvalue weighted by Crippen LogP contribution is -2.29. The number of phenolic OH excluding ortho intramolecular Hbond substituents is 1. The van der Waals surface area contributed by atoms with Crippen LogP contribution in [0.1, 0.15) is 37.0 Å². The Morgan fingerprint density at radius 2 is 2.10 bits per heavy atom. The van der Waals surface area contributed by atoms with E-state index in [1.807, 2.05) is 0 Å². The number of rotatable bonds is 8. The van der Waals surface area contributed by atoms with Gasteiger partial charge in [-0.25, -0.2) is 0 Å². The van der Waals surface area contributed by atoms with E-state index in [1.165, 1.54) is 13.2 Å². The molecule has 1 aromatic rings. The largest absolute Gasteiger partial charge is 0.507 e. The van der Waals surface area contributed by atoms with Gasteiger partial charge < -0.3 is 20.1 Å². The van der Waals surface area contributed by atoms with Crippen LogP contribution < -0.4 is 10.1 Å². The van der Waals surface area contributed by atoms with Crippen LogP contribution in [0.2, 0.25) is 0 Å². The summed E-state index contributed by atoms with van der Waals surface area (Å²) >= 11 is 0. The molecule has 0 bridgehead atoms. The van der Waals surface area contributed by atoms with Crippen molar-refractivity contribution in [2.45, 2.75) is 32.7 Å². The first kappa shape index (κ1) is 17.3. The molecule has 1 aromatic carbocycles. The zero-order chi connectivity index (χ0) is 15.8. The third-order valence-corrected chi connectivity index (χ3v) is 3.55. The first-order valence-corrected chi connectivity index (χ1v) is 7.31. The Hall–Kier alpha value is -1.75. The fraction of sp³-hybridized carbons (Fsp3) is 0.562. The van der Waals surface area contributed by atoms with E-state index in [0.29, 0.717) is 18.3 Å². The molecule has 1 rings (SSSR count). The molecule has 5 nitrogen and oxygen atoms in total. The molecule has 0 aliphatic heterocycles. The Morgan fingerprint density at radius 3 is 2.67 bits per heavy atom. The Morgan fingerprint density at radius 1 is 1.38 bits per heavy atom. The standard InChI is InChI=1S/C16H26N2O3/c1-12(2)18(3)10-6-5-9-17-16(20)14-8-7-13(21-4)11-15(14)19/h7-8,11-12,19H,5-6,9-10H2,1-4H3,(H,17,20). The maximum absolute atomic E-state index is 11.9. The van der Waals surface area contributed by atoms with E-state index in [4.69, 9.17) is 4.74 Å². The van der Waals surface area contributed by atoms with Gasteiger partial charge in [0.1, 0.15) is 11.5 Å². The fourth-order valence-electron chi connectivity index (χ4n) is 1.87. The minimum absolute atomic E-state index is 0.0635. The highest BCUT2D eigenvalue weighted by atomic mass is 16.5. The molecule has 21 heavy (non-hydrogen) atoms. The van der Waals surface area contributed by atoms with Crippen LogP contribution >= 0.6 is 0 Å². The summed E-state index contributed by atoms with van der Waals surface area (Å²) in [4.78, 5) is 14.2. The molecule has 1 amide bonds. The number of aromatic hydroxyl groups is 1. The summed E-state index contributed by atoms with van der Waals surface area (Å²) in [7, 11) is 3.61. The molecule has 5 heteroatoms. The van der Waals surface area contributed by atoms with Crippen LogP contribution in [0.15, 0.2) is 18.2 Å². The summed E-state index contributed by atoms with van der Waals surface area (Å²) in [6.07, 6.45) is 1.95. The number of unbranched alkanes of at least 4 members (excludes halogenated alkanes) is 1. The minimum Gasteiger partial charge on any atom is -0.507 e. The highest BCUT2D eigenvalue weighted by Crippen LogP contribution is 2.23. The zero-order valence-electron chi connectivity index (χ0n) is 13.3. The molecule has 0 saturated carbocycles. The van der Waals surface area contributed by atoms with Crippen molar-refractivity contribution in [2.75, 3.05) is 27.2 Å². The number of carbonyl (C=O) groups excluding carboxylic acids is 1. The summed E-state index contributed by atoms with van der Waals surface area (Å²) in [5.41, 5.74) is 0.273. The SMILES string of the molecule is COc1ccc(C(=O)NCCCCN(C)C(C)C)c(O)c1. The molecule has 0 saturated heterocycles. The normalized spacial score (nSPS) is 11.0. The molecule has 118 valence electrons. The molecule has 0 fully saturated rings. The van der Waals surface area contributed by atoms with Gasteiger partial charge in [0.05, 0.1) is 12.7 Å². The quantitative estimate of drug-likeness (QED) is 0.722. The molecule has 2 N–H and O–H groups in total. The van der Waals surface area contributed by atoms with Crippen molar-refractivity contribution < 1.29 is 14.6 Å². The molecule has 0 atom stereocenters. The molecular weight excluding hydrogens is 268 g/mol. The first-order chi connectivity index (χ1) is 9.95. The third kappa shape index (κ3) is 5.63. The Bertz CT molecular complexity index is 461. The smallest absolute Gasteiger partial charge is 0.255 e. The van der Waals surface area contributed by atoms with Crippen molar-refractivity contribution in [3.8, 4) is 11.5 Å². The average Bonchev–Trinajstić information content (AvgIpc) is 2.45. The van der Waals surface area contributed by atoms with Crippen molar-refractivity contribution in [2.24, 2.45) is 0 Å². The van der Waals surface area contributed by atoms with E-state index in [9.17, 15) is 9.90 Å². The number of methoxy groups -OCH3 is 1. The van der Waals surface area contributed by atoms with Gasteiger partial charge in [0.2, 0.25) is 0 Å². The van der Waals surface area contributed by atoms with E-state index < -0.39 is 0 Å². The van der Waals surface area contributed by atoms with Gasteiger partial charge in [-0.2, -0.15) is 0 Å². The molecule has 0 aliphatic carbocycles. The Labute approximate surface area is 126 Å². The van der Waals surface area contributed by atoms with Gasteiger partial charge in [0.25, 0.3) is 5.91 Å². The second-order valence-corrected chi connectivity index (χ2v) is 5.42. The number of carbonyl (C=O) groups is 1. The maximum Gasteiger partial charge on any atom is 0.255 e. The molecule has 0 aliphatic rings. The number of nitrogens with one attached hydrogen (secondary N) is 1. The zero-order valence-corrected chi connectivity index (χ0v) is 13.3. The van der Waals surface area contributed by atoms with Crippen LogP contribution in [0, 0.1) is 0 Å². The van der Waals surface area contributed by atoms with Crippen LogP contribution in [-0.2, 0) is 0 Å². The summed E-state index contributed by atoms with van der Waals surface area (Å²) in [5.74, 6) is 0.208. The highest BCUT2D eigenvalue weighted by molar-refractivity contribution is 5.96. The molecular formula is C16H26N2O3. The number of nitrogens with zero attached hydrogens (tertiary/aromatic N) is 1. The first-order valence-electron chi connectivity index (χ1n) is 7.31. The number of amides is 1. The lowest BCUT2D eigenvalue weighted by atomic mass is 10.1. The van der Waals surface area contributed by atoms with Crippen LogP contribution in [0.4, 0.5) is 0 Å². The van der Waals surface area contributed by atoms with Gasteiger partial charge >= 0.3 is 0 Å². The van der Waals surface area contributed by atoms with Crippen LogP contribution in [0.5, 0.6) is 11.5 Å². The predicted octanol–water partition coefficient (Wildman–Crippen LogP) is 2.25. The van der Waals surface area contributed by atoms with Crippen molar-refractivity contribution in [3.63, 3.8) is 0 Å². The van der Waals surface area contributed by atoms with Crippen LogP contribution in [-0.4, -0.2) is 49.2 Å². The van der Waals surface area contributed by atoms with E-state index in [-0.39, 0.29) is 17.2 Å². The average molecular weight is 294 g/mol. The lowest BCUT2D eigenvalue weighted by molar-refractivity contribution is 0.0950. The molecule has 0 unspecified atom stereocenters. The third-order valence-electron chi connectivity index (χ3n) is 3.55. The number of phenols is 1. The van der Waals surface area contributed by atoms with Crippen molar-refractivity contribution in [1.29, 1.82) is 0 Å². The number of hydrogen-bond acceptors (Lipinski definition) is 4. The van der Waals surface area contributed by atoms with Crippen molar-refractivity contribution in [1.82, 2.24) is 10.2 Å². The number of ether oxygens (including phenoxy) is 1. The topological polar surface area (TPSA) is 61.8 Å². The maximum atomic E-state index is 11.9. The summed E-state index contributed by atoms with van der Waals surface area (Å²) < 4.78 is 4.99. The van der Waals surface area contributed by atoms with Crippen LogP contribution in [0.3, 0.4) is 0 Å². The van der Waals surface area contributed by atoms with Gasteiger partial charge in [-0.1, -0.05) is 0 Å². The lowest BCUT2D eigenvalue weighted by Gasteiger charge is -2.20. The molecule has 0 radical (unpaired) electrons. The Kier molecular flexibility index (Phi) is 7.02. The molecule has 0 heterocycles. The minimum atomic E-state index is -0.257. The number of benzene rings is 1. The fourth-order valence-corrected chi connectivity index (χ4v) is 1.87. The Balaban J connectivity index is 2.34. The summed E-state index contributed by atoms with van der Waals surface area (Å²) in [6.45, 7) is 5.94. The monoisotopic (exact) mass is 294 g/mol. The van der Waals surface area contributed by atoms with E-state index in [1.54, 1.807) is 12.1 Å². The highest BCUT2D eigenvalue weighted by Gasteiger charge is 2.11. The van der Waals surface area contributed by atoms with Gasteiger partial charge in [-0.15, -0.1) is 0 Å². The predicted molar refractivity (Wildman–Crippen MR) is 84.0 cm³/mol. The van der Waals surface area contributed by atoms with Gasteiger partial charge in [-0.3, -0.25) is 4.79 Å². The van der Waals surface area contributed by atoms with Crippen LogP contribution in [0.25, 0.3) is 0 Å². The van der Waals surface area contributed by atoms with Gasteiger partial charge in [-0.05, 0) is 52.4 Å². The second kappa shape index (κ2) is 8.52. The van der Waals surface area contributed by atoms with E-state index in [2.05, 4.69) is 31.1 Å². The van der Waals surface area contributed by atoms with E-state index in [0.717, 1.165) is 19.4 Å². The van der Waals surface area contributed by atoms with E-state index >= 15 is 0 Å². The molecule has 0 aromatic heterocycles. The summed E-state index contributed by atoms with van der Waals surface area (Å²) in [5, 5.41) is 12.6.